The van der Waals surface area contributed by atoms with Gasteiger partial charge in [-0.3, -0.25) is 14.0 Å². The molecule has 0 saturated heterocycles. The molecule has 0 bridgehead atoms. The standard InChI is InChI=1S/C13H13N3O3S/c1-3-4-15(7-12(18)19)11(17)5-10-8-20-13-14-9(2)6-16(10)13/h1,6,8H,4-5,7H2,2H3,(H,18,19). The fraction of sp³-hybridized carbons (Fsp3) is 0.308. The molecule has 1 amide bonds. The molecule has 0 aliphatic heterocycles. The average molecular weight is 291 g/mol. The Bertz CT molecular complexity index is 695. The number of carbonyl (C=O) groups excluding carboxylic acids is 1. The number of aromatic nitrogens is 2. The second-order valence-electron chi connectivity index (χ2n) is 4.29. The first kappa shape index (κ1) is 14.1. The average Bonchev–Trinajstić information content (AvgIpc) is 2.89. The Balaban J connectivity index is 2.16. The van der Waals surface area contributed by atoms with E-state index < -0.39 is 5.97 Å². The van der Waals surface area contributed by atoms with Crippen molar-refractivity contribution in [2.75, 3.05) is 13.1 Å². The molecule has 2 heterocycles. The number of nitrogens with zero attached hydrogens (tertiary/aromatic N) is 3. The Labute approximate surface area is 119 Å². The van der Waals surface area contributed by atoms with Crippen molar-refractivity contribution in [3.05, 3.63) is 23.0 Å². The van der Waals surface area contributed by atoms with E-state index in [0.717, 1.165) is 21.2 Å². The molecule has 0 aliphatic carbocycles. The topological polar surface area (TPSA) is 74.9 Å². The SMILES string of the molecule is C#CCN(CC(=O)O)C(=O)Cc1csc2nc(C)cn12. The maximum Gasteiger partial charge on any atom is 0.323 e. The van der Waals surface area contributed by atoms with Crippen LogP contribution in [0.2, 0.25) is 0 Å². The van der Waals surface area contributed by atoms with Crippen molar-refractivity contribution >= 4 is 28.2 Å². The lowest BCUT2D eigenvalue weighted by atomic mass is 10.3. The third-order valence-corrected chi connectivity index (χ3v) is 3.59. The lowest BCUT2D eigenvalue weighted by Crippen LogP contribution is -2.37. The van der Waals surface area contributed by atoms with Crippen LogP contribution in [0.3, 0.4) is 0 Å². The second-order valence-corrected chi connectivity index (χ2v) is 5.12. The normalized spacial score (nSPS) is 10.4. The van der Waals surface area contributed by atoms with E-state index in [1.54, 1.807) is 0 Å². The summed E-state index contributed by atoms with van der Waals surface area (Å²) in [6.07, 6.45) is 7.11. The van der Waals surface area contributed by atoms with E-state index in [-0.39, 0.29) is 25.4 Å². The first-order chi connectivity index (χ1) is 9.51. The lowest BCUT2D eigenvalue weighted by Gasteiger charge is -2.17. The van der Waals surface area contributed by atoms with E-state index in [2.05, 4.69) is 10.9 Å². The maximum atomic E-state index is 12.1. The summed E-state index contributed by atoms with van der Waals surface area (Å²) in [7, 11) is 0. The molecule has 2 rings (SSSR count). The van der Waals surface area contributed by atoms with Crippen LogP contribution < -0.4 is 0 Å². The van der Waals surface area contributed by atoms with Crippen LogP contribution in [-0.2, 0) is 16.0 Å². The summed E-state index contributed by atoms with van der Waals surface area (Å²) in [5, 5.41) is 10.6. The summed E-state index contributed by atoms with van der Waals surface area (Å²) in [4.78, 5) is 29.1. The van der Waals surface area contributed by atoms with Crippen molar-refractivity contribution in [2.24, 2.45) is 0 Å². The van der Waals surface area contributed by atoms with Gasteiger partial charge in [0.2, 0.25) is 5.91 Å². The maximum absolute atomic E-state index is 12.1. The van der Waals surface area contributed by atoms with Crippen LogP contribution in [0, 0.1) is 19.3 Å². The van der Waals surface area contributed by atoms with Gasteiger partial charge in [-0.1, -0.05) is 5.92 Å². The van der Waals surface area contributed by atoms with E-state index in [0.29, 0.717) is 0 Å². The molecule has 0 aliphatic rings. The van der Waals surface area contributed by atoms with Gasteiger partial charge in [-0.2, -0.15) is 0 Å². The Morgan fingerprint density at radius 1 is 1.60 bits per heavy atom. The van der Waals surface area contributed by atoms with E-state index in [1.165, 1.54) is 11.3 Å². The minimum absolute atomic E-state index is 0.0125. The molecule has 20 heavy (non-hydrogen) atoms. The highest BCUT2D eigenvalue weighted by molar-refractivity contribution is 7.15. The molecule has 6 nitrogen and oxygen atoms in total. The third kappa shape index (κ3) is 2.97. The van der Waals surface area contributed by atoms with Gasteiger partial charge in [0, 0.05) is 17.3 Å². The van der Waals surface area contributed by atoms with Crippen LogP contribution in [0.25, 0.3) is 4.96 Å². The van der Waals surface area contributed by atoms with Crippen molar-refractivity contribution in [3.63, 3.8) is 0 Å². The number of hydrogen-bond acceptors (Lipinski definition) is 4. The Morgan fingerprint density at radius 2 is 2.35 bits per heavy atom. The van der Waals surface area contributed by atoms with Gasteiger partial charge in [-0.05, 0) is 6.92 Å². The molecule has 2 aromatic rings. The fourth-order valence-electron chi connectivity index (χ4n) is 1.84. The highest BCUT2D eigenvalue weighted by Gasteiger charge is 2.18. The zero-order chi connectivity index (χ0) is 14.7. The molecular formula is C13H13N3O3S. The summed E-state index contributed by atoms with van der Waals surface area (Å²) >= 11 is 1.44. The Morgan fingerprint density at radius 3 is 3.00 bits per heavy atom. The highest BCUT2D eigenvalue weighted by Crippen LogP contribution is 2.17. The number of aliphatic carboxylic acids is 1. The van der Waals surface area contributed by atoms with Gasteiger partial charge < -0.3 is 10.0 Å². The number of aryl methyl sites for hydroxylation is 1. The summed E-state index contributed by atoms with van der Waals surface area (Å²) in [5.74, 6) is 0.910. The number of rotatable bonds is 5. The molecule has 0 saturated carbocycles. The first-order valence-corrected chi connectivity index (χ1v) is 6.74. The number of amides is 1. The zero-order valence-electron chi connectivity index (χ0n) is 10.9. The van der Waals surface area contributed by atoms with Crippen LogP contribution >= 0.6 is 11.3 Å². The quantitative estimate of drug-likeness (QED) is 0.827. The summed E-state index contributed by atoms with van der Waals surface area (Å²) < 4.78 is 1.84. The number of hydrogen-bond donors (Lipinski definition) is 1. The van der Waals surface area contributed by atoms with Gasteiger partial charge in [0.1, 0.15) is 6.54 Å². The number of carboxylic acids is 1. The molecule has 104 valence electrons. The molecule has 0 radical (unpaired) electrons. The number of carboxylic acid groups (broad SMARTS) is 1. The first-order valence-electron chi connectivity index (χ1n) is 5.86. The molecule has 0 atom stereocenters. The van der Waals surface area contributed by atoms with Crippen molar-refractivity contribution in [2.45, 2.75) is 13.3 Å². The largest absolute Gasteiger partial charge is 0.480 e. The molecule has 0 unspecified atom stereocenters. The predicted octanol–water partition coefficient (Wildman–Crippen LogP) is 0.793. The molecular weight excluding hydrogens is 278 g/mol. The number of fused-ring (bicyclic) bond motifs is 1. The minimum Gasteiger partial charge on any atom is -0.480 e. The number of carbonyl (C=O) groups is 2. The molecule has 0 spiro atoms. The van der Waals surface area contributed by atoms with Crippen LogP contribution in [0.4, 0.5) is 0 Å². The molecule has 1 N–H and O–H groups in total. The van der Waals surface area contributed by atoms with E-state index in [1.807, 2.05) is 22.9 Å². The van der Waals surface area contributed by atoms with Gasteiger partial charge in [-0.25, -0.2) is 4.98 Å². The number of thiazole rings is 1. The summed E-state index contributed by atoms with van der Waals surface area (Å²) in [5.41, 5.74) is 1.65. The van der Waals surface area contributed by atoms with Crippen LogP contribution in [0.15, 0.2) is 11.6 Å². The highest BCUT2D eigenvalue weighted by atomic mass is 32.1. The smallest absolute Gasteiger partial charge is 0.323 e. The fourth-order valence-corrected chi connectivity index (χ4v) is 2.76. The zero-order valence-corrected chi connectivity index (χ0v) is 11.7. The van der Waals surface area contributed by atoms with Crippen molar-refractivity contribution in [1.29, 1.82) is 0 Å². The molecule has 0 aromatic carbocycles. The summed E-state index contributed by atoms with van der Waals surface area (Å²) in [6, 6.07) is 0. The minimum atomic E-state index is -1.08. The Kier molecular flexibility index (Phi) is 4.05. The van der Waals surface area contributed by atoms with Gasteiger partial charge >= 0.3 is 5.97 Å². The van der Waals surface area contributed by atoms with Gasteiger partial charge in [0.25, 0.3) is 0 Å². The number of imidazole rings is 1. The van der Waals surface area contributed by atoms with E-state index >= 15 is 0 Å². The molecule has 2 aromatic heterocycles. The Hall–Kier alpha value is -2.33. The third-order valence-electron chi connectivity index (χ3n) is 2.70. The second kappa shape index (κ2) is 5.75. The van der Waals surface area contributed by atoms with Crippen molar-refractivity contribution in [3.8, 4) is 12.3 Å². The van der Waals surface area contributed by atoms with E-state index in [4.69, 9.17) is 11.5 Å². The van der Waals surface area contributed by atoms with E-state index in [9.17, 15) is 9.59 Å². The summed E-state index contributed by atoms with van der Waals surface area (Å²) in [6.45, 7) is 1.47. The number of terminal acetylenes is 1. The van der Waals surface area contributed by atoms with Crippen molar-refractivity contribution < 1.29 is 14.7 Å². The monoisotopic (exact) mass is 291 g/mol. The van der Waals surface area contributed by atoms with Crippen LogP contribution in [-0.4, -0.2) is 44.4 Å². The predicted molar refractivity (Wildman–Crippen MR) is 74.6 cm³/mol. The van der Waals surface area contributed by atoms with Gasteiger partial charge in [-0.15, -0.1) is 17.8 Å². The molecule has 0 fully saturated rings. The van der Waals surface area contributed by atoms with Crippen molar-refractivity contribution in [1.82, 2.24) is 14.3 Å². The van der Waals surface area contributed by atoms with Crippen LogP contribution in [0.1, 0.15) is 11.4 Å². The van der Waals surface area contributed by atoms with Gasteiger partial charge in [0.15, 0.2) is 4.96 Å². The van der Waals surface area contributed by atoms with Crippen LogP contribution in [0.5, 0.6) is 0 Å². The lowest BCUT2D eigenvalue weighted by molar-refractivity contribution is -0.143. The molecule has 7 heteroatoms. The van der Waals surface area contributed by atoms with Gasteiger partial charge in [0.05, 0.1) is 18.7 Å².